The Morgan fingerprint density at radius 1 is 0.973 bits per heavy atom. The highest BCUT2D eigenvalue weighted by atomic mass is 19.1. The van der Waals surface area contributed by atoms with Crippen LogP contribution in [0.15, 0.2) is 23.6 Å². The molecule has 0 amide bonds. The van der Waals surface area contributed by atoms with Crippen molar-refractivity contribution >= 4 is 17.5 Å². The Labute approximate surface area is 222 Å². The van der Waals surface area contributed by atoms with Crippen molar-refractivity contribution in [2.75, 3.05) is 7.11 Å². The summed E-state index contributed by atoms with van der Waals surface area (Å²) < 4.78 is 20.6. The van der Waals surface area contributed by atoms with Gasteiger partial charge in [-0.2, -0.15) is 0 Å². The molecule has 4 aliphatic carbocycles. The number of fused-ring (bicyclic) bond motifs is 2. The van der Waals surface area contributed by atoms with Crippen molar-refractivity contribution < 1.29 is 23.5 Å². The quantitative estimate of drug-likeness (QED) is 0.288. The molecule has 4 nitrogen and oxygen atoms in total. The van der Waals surface area contributed by atoms with Crippen molar-refractivity contribution in [2.45, 2.75) is 107 Å². The average molecular weight is 515 g/mol. The standard InChI is InChI=1S/C32H47FO4/c1-20(34)16-24-30(7)19-22(33)25(35)28(4,5)23(30)10-11-31(24,8)29(6)13-15-32(26(36)37-9)14-12-27(2,3)17-21(32)18-29/h16,19,21,23H,10-15,17-18H2,1-9H3/b24-16-/t21?,23-,29+,30-,31+,32-/m0/s1. The average Bonchev–Trinajstić information content (AvgIpc) is 2.79. The van der Waals surface area contributed by atoms with E-state index in [1.54, 1.807) is 13.0 Å². The second kappa shape index (κ2) is 8.61. The number of hydrogen-bond acceptors (Lipinski definition) is 4. The van der Waals surface area contributed by atoms with E-state index in [4.69, 9.17) is 4.74 Å². The Morgan fingerprint density at radius 3 is 2.19 bits per heavy atom. The predicted octanol–water partition coefficient (Wildman–Crippen LogP) is 7.56. The minimum Gasteiger partial charge on any atom is -0.469 e. The van der Waals surface area contributed by atoms with E-state index in [2.05, 4.69) is 27.7 Å². The number of hydrogen-bond donors (Lipinski definition) is 0. The second-order valence-electron chi connectivity index (χ2n) is 14.9. The largest absolute Gasteiger partial charge is 0.469 e. The molecule has 0 N–H and O–H groups in total. The predicted molar refractivity (Wildman–Crippen MR) is 143 cm³/mol. The molecule has 1 unspecified atom stereocenters. The van der Waals surface area contributed by atoms with E-state index in [0.717, 1.165) is 56.9 Å². The van der Waals surface area contributed by atoms with E-state index in [1.807, 2.05) is 20.8 Å². The number of ether oxygens (including phenoxy) is 1. The van der Waals surface area contributed by atoms with Crippen LogP contribution >= 0.6 is 0 Å². The molecule has 3 fully saturated rings. The van der Waals surface area contributed by atoms with Gasteiger partial charge in [0.2, 0.25) is 0 Å². The highest BCUT2D eigenvalue weighted by Crippen LogP contribution is 2.71. The van der Waals surface area contributed by atoms with Crippen LogP contribution in [0.4, 0.5) is 4.39 Å². The lowest BCUT2D eigenvalue weighted by molar-refractivity contribution is -0.174. The molecular formula is C32H47FO4. The number of allylic oxidation sites excluding steroid dienone is 4. The smallest absolute Gasteiger partial charge is 0.312 e. The van der Waals surface area contributed by atoms with Gasteiger partial charge in [0.1, 0.15) is 0 Å². The normalized spacial score (nSPS) is 43.9. The van der Waals surface area contributed by atoms with Crippen molar-refractivity contribution in [1.82, 2.24) is 0 Å². The van der Waals surface area contributed by atoms with E-state index in [0.29, 0.717) is 0 Å². The van der Waals surface area contributed by atoms with Crippen molar-refractivity contribution in [1.29, 1.82) is 0 Å². The summed E-state index contributed by atoms with van der Waals surface area (Å²) in [6, 6.07) is 0. The third kappa shape index (κ3) is 4.00. The fraction of sp³-hybridized carbons (Fsp3) is 0.781. The second-order valence-corrected chi connectivity index (χ2v) is 14.9. The monoisotopic (exact) mass is 514 g/mol. The number of carbonyl (C=O) groups excluding carboxylic acids is 3. The van der Waals surface area contributed by atoms with Crippen LogP contribution in [-0.4, -0.2) is 24.6 Å². The van der Waals surface area contributed by atoms with Gasteiger partial charge in [0.25, 0.3) is 0 Å². The first-order chi connectivity index (χ1) is 16.9. The molecule has 206 valence electrons. The molecule has 0 aliphatic heterocycles. The zero-order valence-electron chi connectivity index (χ0n) is 24.5. The van der Waals surface area contributed by atoms with Gasteiger partial charge in [-0.1, -0.05) is 54.0 Å². The number of esters is 1. The maximum Gasteiger partial charge on any atom is 0.312 e. The summed E-state index contributed by atoms with van der Waals surface area (Å²) in [5.41, 5.74) is -1.46. The van der Waals surface area contributed by atoms with E-state index in [1.165, 1.54) is 13.2 Å². The van der Waals surface area contributed by atoms with Gasteiger partial charge >= 0.3 is 5.97 Å². The topological polar surface area (TPSA) is 60.4 Å². The summed E-state index contributed by atoms with van der Waals surface area (Å²) >= 11 is 0. The summed E-state index contributed by atoms with van der Waals surface area (Å²) in [5.74, 6) is -1.13. The van der Waals surface area contributed by atoms with Crippen LogP contribution in [0.5, 0.6) is 0 Å². The lowest BCUT2D eigenvalue weighted by Crippen LogP contribution is -2.59. The first-order valence-electron chi connectivity index (χ1n) is 14.1. The van der Waals surface area contributed by atoms with Gasteiger partial charge in [-0.25, -0.2) is 4.39 Å². The third-order valence-electron chi connectivity index (χ3n) is 11.9. The van der Waals surface area contributed by atoms with Gasteiger partial charge in [-0.15, -0.1) is 0 Å². The van der Waals surface area contributed by atoms with Crippen LogP contribution in [0, 0.1) is 44.3 Å². The van der Waals surface area contributed by atoms with Crippen molar-refractivity contribution in [3.05, 3.63) is 23.6 Å². The molecule has 37 heavy (non-hydrogen) atoms. The third-order valence-corrected chi connectivity index (χ3v) is 11.9. The molecule has 5 heteroatoms. The molecule has 0 aromatic heterocycles. The molecular weight excluding hydrogens is 467 g/mol. The summed E-state index contributed by atoms with van der Waals surface area (Å²) in [7, 11) is 1.51. The van der Waals surface area contributed by atoms with Gasteiger partial charge in [0.05, 0.1) is 12.5 Å². The molecule has 0 aromatic carbocycles. The van der Waals surface area contributed by atoms with Crippen LogP contribution in [0.2, 0.25) is 0 Å². The highest BCUT2D eigenvalue weighted by Gasteiger charge is 2.65. The Hall–Kier alpha value is -1.78. The molecule has 0 aromatic rings. The van der Waals surface area contributed by atoms with Crippen LogP contribution in [-0.2, 0) is 19.1 Å². The maximum atomic E-state index is 15.2. The van der Waals surface area contributed by atoms with E-state index >= 15 is 4.39 Å². The van der Waals surface area contributed by atoms with Crippen molar-refractivity contribution in [3.63, 3.8) is 0 Å². The van der Waals surface area contributed by atoms with Crippen LogP contribution in [0.3, 0.4) is 0 Å². The lowest BCUT2D eigenvalue weighted by Gasteiger charge is -2.64. The number of rotatable bonds is 3. The number of methoxy groups -OCH3 is 1. The minimum atomic E-state index is -0.842. The molecule has 4 rings (SSSR count). The Balaban J connectivity index is 1.83. The molecule has 6 atom stereocenters. The van der Waals surface area contributed by atoms with Gasteiger partial charge in [0, 0.05) is 10.8 Å². The highest BCUT2D eigenvalue weighted by molar-refractivity contribution is 5.99. The van der Waals surface area contributed by atoms with Crippen LogP contribution in [0.25, 0.3) is 0 Å². The first-order valence-corrected chi connectivity index (χ1v) is 14.1. The number of Topliss-reactive ketones (excluding diaryl/α,β-unsaturated/α-hetero) is 1. The summed E-state index contributed by atoms with van der Waals surface area (Å²) in [4.78, 5) is 38.8. The van der Waals surface area contributed by atoms with E-state index < -0.39 is 27.9 Å². The molecule has 0 heterocycles. The van der Waals surface area contributed by atoms with E-state index in [9.17, 15) is 14.4 Å². The van der Waals surface area contributed by atoms with Crippen molar-refractivity contribution in [2.24, 2.45) is 44.3 Å². The fourth-order valence-electron chi connectivity index (χ4n) is 9.42. The summed E-state index contributed by atoms with van der Waals surface area (Å²) in [6.45, 7) is 16.5. The molecule has 0 saturated heterocycles. The lowest BCUT2D eigenvalue weighted by atomic mass is 9.39. The zero-order chi connectivity index (χ0) is 27.8. The van der Waals surface area contributed by atoms with Gasteiger partial charge in [0.15, 0.2) is 17.4 Å². The molecule has 0 radical (unpaired) electrons. The Bertz CT molecular complexity index is 1080. The molecule has 0 bridgehead atoms. The van der Waals surface area contributed by atoms with Crippen LogP contribution < -0.4 is 0 Å². The van der Waals surface area contributed by atoms with E-state index in [-0.39, 0.29) is 39.8 Å². The number of ketones is 2. The first kappa shape index (κ1) is 28.2. The maximum absolute atomic E-state index is 15.2. The molecule has 3 saturated carbocycles. The Kier molecular flexibility index (Phi) is 6.57. The number of carbonyl (C=O) groups is 3. The van der Waals surface area contributed by atoms with Gasteiger partial charge in [-0.3, -0.25) is 14.4 Å². The summed E-state index contributed by atoms with van der Waals surface area (Å²) in [5, 5.41) is 0. The molecule has 0 spiro atoms. The van der Waals surface area contributed by atoms with Gasteiger partial charge < -0.3 is 4.74 Å². The zero-order valence-corrected chi connectivity index (χ0v) is 24.5. The Morgan fingerprint density at radius 2 is 1.59 bits per heavy atom. The number of halogens is 1. The SMILES string of the molecule is COC(=O)[C@]12CCC(C)(C)CC1C[C@](C)([C@]1(C)CC[C@H]3C(C)(C)C(=O)C(F)=C[C@]3(C)/C1=C/C(C)=O)CC2. The van der Waals surface area contributed by atoms with Crippen LogP contribution in [0.1, 0.15) is 107 Å². The summed E-state index contributed by atoms with van der Waals surface area (Å²) in [6.07, 6.45) is 10.2. The fourth-order valence-corrected chi connectivity index (χ4v) is 9.42. The minimum absolute atomic E-state index is 0.0475. The molecule has 4 aliphatic rings. The van der Waals surface area contributed by atoms with Gasteiger partial charge in [-0.05, 0) is 98.5 Å². The van der Waals surface area contributed by atoms with Crippen molar-refractivity contribution in [3.8, 4) is 0 Å².